The molecule has 0 radical (unpaired) electrons. The maximum Gasteiger partial charge on any atom is 0.321 e. The molecule has 1 amide bonds. The summed E-state index contributed by atoms with van der Waals surface area (Å²) in [6.45, 7) is 1.24. The van der Waals surface area contributed by atoms with E-state index in [1.165, 1.54) is 0 Å². The van der Waals surface area contributed by atoms with E-state index in [4.69, 9.17) is 17.3 Å². The number of carboxylic acid groups (broad SMARTS) is 1. The molecule has 0 heterocycles. The molecule has 1 atom stereocenters. The van der Waals surface area contributed by atoms with Crippen molar-refractivity contribution in [1.82, 2.24) is 5.32 Å². The number of unbranched alkanes of at least 4 members (excludes halogenated alkanes) is 3. The molecule has 23 heavy (non-hydrogen) atoms. The highest BCUT2D eigenvalue weighted by molar-refractivity contribution is 6.30. The molecule has 1 aromatic carbocycles. The number of carbonyl (C=O) groups is 2. The molecular formula is C16H24ClN3O3. The molecule has 0 bridgehead atoms. The fraction of sp³-hybridized carbons (Fsp3) is 0.500. The first kappa shape index (κ1) is 19.4. The third kappa shape index (κ3) is 8.54. The third-order valence-corrected chi connectivity index (χ3v) is 3.59. The van der Waals surface area contributed by atoms with Crippen LogP contribution in [0, 0.1) is 0 Å². The molecule has 0 fully saturated rings. The number of nitrogens with one attached hydrogen (secondary N) is 2. The van der Waals surface area contributed by atoms with Crippen LogP contribution in [0.4, 0.5) is 5.69 Å². The second-order valence-electron chi connectivity index (χ2n) is 5.31. The summed E-state index contributed by atoms with van der Waals surface area (Å²) < 4.78 is 0. The Morgan fingerprint density at radius 1 is 1.13 bits per heavy atom. The molecule has 0 saturated carbocycles. The van der Waals surface area contributed by atoms with Crippen LogP contribution in [0.15, 0.2) is 24.3 Å². The highest BCUT2D eigenvalue weighted by atomic mass is 35.5. The Labute approximate surface area is 141 Å². The first-order valence-corrected chi connectivity index (χ1v) is 8.12. The molecule has 0 aliphatic carbocycles. The zero-order valence-corrected chi connectivity index (χ0v) is 13.8. The lowest BCUT2D eigenvalue weighted by molar-refractivity contribution is -0.141. The lowest BCUT2D eigenvalue weighted by Gasteiger charge is -2.14. The lowest BCUT2D eigenvalue weighted by Crippen LogP contribution is -2.40. The summed E-state index contributed by atoms with van der Waals surface area (Å²) in [4.78, 5) is 23.1. The lowest BCUT2D eigenvalue weighted by atomic mass is 10.1. The van der Waals surface area contributed by atoms with Gasteiger partial charge >= 0.3 is 5.97 Å². The highest BCUT2D eigenvalue weighted by Crippen LogP contribution is 2.13. The number of carboxylic acids is 1. The molecule has 7 heteroatoms. The molecule has 0 aliphatic heterocycles. The number of amides is 1. The fourth-order valence-corrected chi connectivity index (χ4v) is 2.20. The van der Waals surface area contributed by atoms with Gasteiger partial charge in [0.2, 0.25) is 5.91 Å². The first-order chi connectivity index (χ1) is 11.0. The summed E-state index contributed by atoms with van der Waals surface area (Å²) in [6.07, 6.45) is 3.75. The first-order valence-electron chi connectivity index (χ1n) is 7.74. The van der Waals surface area contributed by atoms with Gasteiger partial charge < -0.3 is 21.5 Å². The topological polar surface area (TPSA) is 104 Å². The van der Waals surface area contributed by atoms with E-state index < -0.39 is 12.0 Å². The summed E-state index contributed by atoms with van der Waals surface area (Å²) in [5, 5.41) is 15.3. The average molecular weight is 342 g/mol. The molecule has 1 aromatic rings. The van der Waals surface area contributed by atoms with Crippen LogP contribution in [0.3, 0.4) is 0 Å². The number of nitrogens with two attached hydrogens (primary N) is 1. The van der Waals surface area contributed by atoms with Gasteiger partial charge in [-0.15, -0.1) is 0 Å². The van der Waals surface area contributed by atoms with Crippen molar-refractivity contribution in [3.63, 3.8) is 0 Å². The Balaban J connectivity index is 2.35. The van der Waals surface area contributed by atoms with Crippen LogP contribution in [0.1, 0.15) is 32.1 Å². The number of benzene rings is 1. The van der Waals surface area contributed by atoms with Gasteiger partial charge in [-0.3, -0.25) is 9.59 Å². The molecule has 0 saturated heterocycles. The van der Waals surface area contributed by atoms with E-state index in [1.807, 2.05) is 0 Å². The van der Waals surface area contributed by atoms with E-state index in [1.54, 1.807) is 24.3 Å². The molecule has 1 rings (SSSR count). The van der Waals surface area contributed by atoms with Gasteiger partial charge in [0.05, 0.1) is 6.42 Å². The molecule has 0 aliphatic rings. The van der Waals surface area contributed by atoms with Gasteiger partial charge in [0.1, 0.15) is 6.04 Å². The van der Waals surface area contributed by atoms with Crippen LogP contribution in [-0.4, -0.2) is 36.1 Å². The van der Waals surface area contributed by atoms with Gasteiger partial charge in [0.15, 0.2) is 0 Å². The summed E-state index contributed by atoms with van der Waals surface area (Å²) in [5.74, 6) is -1.38. The number of anilines is 1. The van der Waals surface area contributed by atoms with E-state index in [-0.39, 0.29) is 12.3 Å². The number of hydrogen-bond acceptors (Lipinski definition) is 4. The summed E-state index contributed by atoms with van der Waals surface area (Å²) in [6, 6.07) is 5.76. The number of hydrogen-bond donors (Lipinski definition) is 4. The maximum absolute atomic E-state index is 11.9. The van der Waals surface area contributed by atoms with Gasteiger partial charge in [-0.1, -0.05) is 24.4 Å². The van der Waals surface area contributed by atoms with Crippen LogP contribution in [0.25, 0.3) is 0 Å². The van der Waals surface area contributed by atoms with Gasteiger partial charge in [-0.05, 0) is 50.2 Å². The molecule has 0 unspecified atom stereocenters. The normalized spacial score (nSPS) is 11.9. The van der Waals surface area contributed by atoms with Crippen LogP contribution in [0.5, 0.6) is 0 Å². The molecule has 5 N–H and O–H groups in total. The van der Waals surface area contributed by atoms with E-state index >= 15 is 0 Å². The Morgan fingerprint density at radius 2 is 1.78 bits per heavy atom. The molecule has 0 spiro atoms. The minimum atomic E-state index is -1.03. The van der Waals surface area contributed by atoms with E-state index in [2.05, 4.69) is 10.6 Å². The minimum absolute atomic E-state index is 0.124. The standard InChI is InChI=1S/C16H24ClN3O3/c17-12-5-7-13(8-6-12)20-15(21)11-14(16(22)23)19-10-4-2-1-3-9-18/h5-8,14,19H,1-4,9-11,18H2,(H,20,21)(H,22,23)/t14-/m1/s1. The number of aliphatic carboxylic acids is 1. The molecular weight excluding hydrogens is 318 g/mol. The summed E-state index contributed by atoms with van der Waals surface area (Å²) in [7, 11) is 0. The summed E-state index contributed by atoms with van der Waals surface area (Å²) in [5.41, 5.74) is 6.00. The zero-order valence-electron chi connectivity index (χ0n) is 13.1. The molecule has 0 aromatic heterocycles. The second-order valence-corrected chi connectivity index (χ2v) is 5.74. The quantitative estimate of drug-likeness (QED) is 0.462. The van der Waals surface area contributed by atoms with Crippen molar-refractivity contribution >= 4 is 29.2 Å². The van der Waals surface area contributed by atoms with Crippen molar-refractivity contribution in [2.24, 2.45) is 5.73 Å². The maximum atomic E-state index is 11.9. The molecule has 6 nitrogen and oxygen atoms in total. The van der Waals surface area contributed by atoms with Crippen molar-refractivity contribution in [1.29, 1.82) is 0 Å². The largest absolute Gasteiger partial charge is 0.480 e. The van der Waals surface area contributed by atoms with Crippen LogP contribution >= 0.6 is 11.6 Å². The number of carbonyl (C=O) groups excluding carboxylic acids is 1. The fourth-order valence-electron chi connectivity index (χ4n) is 2.08. The average Bonchev–Trinajstić information content (AvgIpc) is 2.51. The van der Waals surface area contributed by atoms with E-state index in [0.717, 1.165) is 25.7 Å². The molecule has 128 valence electrons. The van der Waals surface area contributed by atoms with Crippen LogP contribution < -0.4 is 16.4 Å². The Kier molecular flexibility index (Phi) is 9.28. The summed E-state index contributed by atoms with van der Waals surface area (Å²) >= 11 is 5.77. The Hall–Kier alpha value is -1.63. The smallest absolute Gasteiger partial charge is 0.321 e. The SMILES string of the molecule is NCCCCCCN[C@H](CC(=O)Nc1ccc(Cl)cc1)C(=O)O. The van der Waals surface area contributed by atoms with E-state index in [0.29, 0.717) is 23.8 Å². The van der Waals surface area contributed by atoms with Crippen molar-refractivity contribution in [3.05, 3.63) is 29.3 Å². The van der Waals surface area contributed by atoms with Crippen molar-refractivity contribution in [2.75, 3.05) is 18.4 Å². The van der Waals surface area contributed by atoms with E-state index in [9.17, 15) is 14.7 Å². The Bertz CT molecular complexity index is 494. The van der Waals surface area contributed by atoms with Gasteiger partial charge in [-0.25, -0.2) is 0 Å². The van der Waals surface area contributed by atoms with Crippen molar-refractivity contribution in [2.45, 2.75) is 38.1 Å². The van der Waals surface area contributed by atoms with Gasteiger partial charge in [-0.2, -0.15) is 0 Å². The zero-order chi connectivity index (χ0) is 17.1. The van der Waals surface area contributed by atoms with Crippen molar-refractivity contribution < 1.29 is 14.7 Å². The highest BCUT2D eigenvalue weighted by Gasteiger charge is 2.20. The van der Waals surface area contributed by atoms with Crippen LogP contribution in [0.2, 0.25) is 5.02 Å². The van der Waals surface area contributed by atoms with Gasteiger partial charge in [0, 0.05) is 10.7 Å². The monoisotopic (exact) mass is 341 g/mol. The van der Waals surface area contributed by atoms with Gasteiger partial charge in [0.25, 0.3) is 0 Å². The number of rotatable bonds is 11. The predicted molar refractivity (Wildman–Crippen MR) is 91.6 cm³/mol. The van der Waals surface area contributed by atoms with Crippen LogP contribution in [-0.2, 0) is 9.59 Å². The second kappa shape index (κ2) is 11.0. The third-order valence-electron chi connectivity index (χ3n) is 3.34. The number of halogens is 1. The minimum Gasteiger partial charge on any atom is -0.480 e. The predicted octanol–water partition coefficient (Wildman–Crippen LogP) is 2.23. The van der Waals surface area contributed by atoms with Crippen molar-refractivity contribution in [3.8, 4) is 0 Å². The Morgan fingerprint density at radius 3 is 2.39 bits per heavy atom.